The van der Waals surface area contributed by atoms with Gasteiger partial charge in [-0.1, -0.05) is 48.5 Å². The van der Waals surface area contributed by atoms with Crippen molar-refractivity contribution >= 4 is 22.8 Å². The van der Waals surface area contributed by atoms with Crippen LogP contribution in [0.15, 0.2) is 54.6 Å². The molecule has 0 spiro atoms. The molecule has 1 heterocycles. The van der Waals surface area contributed by atoms with E-state index in [0.29, 0.717) is 15.6 Å². The molecule has 0 amide bonds. The van der Waals surface area contributed by atoms with Crippen LogP contribution in [-0.2, 0) is 0 Å². The number of nitriles is 2. The molecule has 0 bridgehead atoms. The van der Waals surface area contributed by atoms with Gasteiger partial charge in [-0.3, -0.25) is 14.9 Å². The number of Topliss-reactive ketones (excluding diaryl/α,β-unsaturated/α-hetero) is 1. The Kier molecular flexibility index (Phi) is 4.65. The first-order valence-corrected chi connectivity index (χ1v) is 9.89. The van der Waals surface area contributed by atoms with Gasteiger partial charge in [0.15, 0.2) is 11.2 Å². The summed E-state index contributed by atoms with van der Waals surface area (Å²) in [7, 11) is 0. The number of rotatable bonds is 5. The van der Waals surface area contributed by atoms with E-state index in [-0.39, 0.29) is 17.0 Å². The number of aromatic nitrogens is 1. The first-order valence-electron chi connectivity index (χ1n) is 9.07. The molecule has 3 aromatic rings. The number of aryl methyl sites for hydroxylation is 1. The lowest BCUT2D eigenvalue weighted by atomic mass is 10.0. The zero-order chi connectivity index (χ0) is 21.5. The van der Waals surface area contributed by atoms with Gasteiger partial charge >= 0.3 is 0 Å². The Labute approximate surface area is 176 Å². The van der Waals surface area contributed by atoms with Gasteiger partial charge in [-0.25, -0.2) is 4.98 Å². The molecule has 1 saturated carbocycles. The molecule has 0 radical (unpaired) electrons. The summed E-state index contributed by atoms with van der Waals surface area (Å²) in [6, 6.07) is 19.2. The monoisotopic (exact) mass is 414 g/mol. The smallest absolute Gasteiger partial charge is 0.272 e. The van der Waals surface area contributed by atoms with Crippen molar-refractivity contribution < 1.29 is 9.72 Å². The maximum atomic E-state index is 13.4. The molecule has 30 heavy (non-hydrogen) atoms. The lowest BCUT2D eigenvalue weighted by Crippen LogP contribution is -2.08. The van der Waals surface area contributed by atoms with E-state index in [2.05, 4.69) is 4.98 Å². The van der Waals surface area contributed by atoms with Crippen LogP contribution in [0.2, 0.25) is 0 Å². The molecule has 2 aromatic carbocycles. The second-order valence-corrected chi connectivity index (χ2v) is 8.03. The molecule has 1 fully saturated rings. The van der Waals surface area contributed by atoms with Crippen molar-refractivity contribution in [1.82, 2.24) is 4.98 Å². The second-order valence-electron chi connectivity index (χ2n) is 7.03. The van der Waals surface area contributed by atoms with Gasteiger partial charge in [-0.05, 0) is 6.92 Å². The van der Waals surface area contributed by atoms with Gasteiger partial charge in [0, 0.05) is 23.1 Å². The van der Waals surface area contributed by atoms with Gasteiger partial charge in [-0.2, -0.15) is 10.5 Å². The van der Waals surface area contributed by atoms with E-state index in [4.69, 9.17) is 0 Å². The van der Waals surface area contributed by atoms with Gasteiger partial charge < -0.3 is 0 Å². The van der Waals surface area contributed by atoms with Crippen molar-refractivity contribution in [3.8, 4) is 22.7 Å². The molecular formula is C22H14N4O3S. The van der Waals surface area contributed by atoms with Gasteiger partial charge in [0.2, 0.25) is 0 Å². The highest BCUT2D eigenvalue weighted by atomic mass is 32.1. The van der Waals surface area contributed by atoms with Crippen molar-refractivity contribution in [3.63, 3.8) is 0 Å². The summed E-state index contributed by atoms with van der Waals surface area (Å²) < 4.78 is 0. The standard InChI is InChI=1S/C22H14N4O3S/c1-13-20(30-21(25-13)14-7-3-2-4-8-14)19(27)18-17(22(18,11-23)12-24)15-9-5-6-10-16(15)26(28)29/h2-10,17-18H,1H3. The second kappa shape index (κ2) is 7.18. The Morgan fingerprint density at radius 1 is 1.13 bits per heavy atom. The molecular weight excluding hydrogens is 400 g/mol. The Bertz CT molecular complexity index is 1240. The number of hydrogen-bond donors (Lipinski definition) is 0. The third-order valence-corrected chi connectivity index (χ3v) is 6.59. The van der Waals surface area contributed by atoms with Crippen molar-refractivity contribution in [2.24, 2.45) is 11.3 Å². The number of carbonyl (C=O) groups excluding carboxylic acids is 1. The van der Waals surface area contributed by atoms with Crippen LogP contribution in [0.3, 0.4) is 0 Å². The fourth-order valence-corrected chi connectivity index (χ4v) is 4.91. The minimum absolute atomic E-state index is 0.196. The number of nitro benzene ring substituents is 1. The van der Waals surface area contributed by atoms with Gasteiger partial charge in [0.05, 0.1) is 33.6 Å². The van der Waals surface area contributed by atoms with E-state index >= 15 is 0 Å². The zero-order valence-electron chi connectivity index (χ0n) is 15.8. The Morgan fingerprint density at radius 3 is 2.40 bits per heavy atom. The van der Waals surface area contributed by atoms with Crippen molar-refractivity contribution in [2.45, 2.75) is 12.8 Å². The van der Waals surface area contributed by atoms with Crippen LogP contribution in [0.25, 0.3) is 10.6 Å². The molecule has 146 valence electrons. The first kappa shape index (κ1) is 19.4. The SMILES string of the molecule is Cc1nc(-c2ccccc2)sc1C(=O)C1C(c2ccccc2[N+](=O)[O-])C1(C#N)C#N. The summed E-state index contributed by atoms with van der Waals surface area (Å²) in [5.41, 5.74) is -0.218. The number of nitro groups is 1. The molecule has 8 heteroatoms. The largest absolute Gasteiger partial charge is 0.293 e. The highest BCUT2D eigenvalue weighted by Crippen LogP contribution is 2.66. The Hall–Kier alpha value is -3.88. The van der Waals surface area contributed by atoms with E-state index in [1.165, 1.54) is 29.5 Å². The minimum atomic E-state index is -1.63. The van der Waals surface area contributed by atoms with Crippen molar-refractivity contribution in [3.05, 3.63) is 80.8 Å². The normalized spacial score (nSPS) is 18.8. The van der Waals surface area contributed by atoms with E-state index < -0.39 is 22.2 Å². The summed E-state index contributed by atoms with van der Waals surface area (Å²) in [5.74, 6) is -2.21. The van der Waals surface area contributed by atoms with Crippen LogP contribution in [0.4, 0.5) is 5.69 Å². The third-order valence-electron chi connectivity index (χ3n) is 5.37. The van der Waals surface area contributed by atoms with E-state index in [0.717, 1.165) is 5.56 Å². The van der Waals surface area contributed by atoms with Crippen molar-refractivity contribution in [1.29, 1.82) is 10.5 Å². The number of ketones is 1. The molecule has 1 aromatic heterocycles. The van der Waals surface area contributed by atoms with Crippen molar-refractivity contribution in [2.75, 3.05) is 0 Å². The third kappa shape index (κ3) is 2.86. The fraction of sp³-hybridized carbons (Fsp3) is 0.182. The molecule has 0 aliphatic heterocycles. The Morgan fingerprint density at radius 2 is 1.77 bits per heavy atom. The maximum Gasteiger partial charge on any atom is 0.272 e. The van der Waals surface area contributed by atoms with Crippen LogP contribution >= 0.6 is 11.3 Å². The molecule has 1 aliphatic carbocycles. The van der Waals surface area contributed by atoms with E-state index in [9.17, 15) is 25.4 Å². The lowest BCUT2D eigenvalue weighted by molar-refractivity contribution is -0.385. The molecule has 7 nitrogen and oxygen atoms in total. The predicted molar refractivity (Wildman–Crippen MR) is 110 cm³/mol. The quantitative estimate of drug-likeness (QED) is 0.340. The maximum absolute atomic E-state index is 13.4. The number of nitrogens with zero attached hydrogens (tertiary/aromatic N) is 4. The number of para-hydroxylation sites is 1. The number of benzene rings is 2. The summed E-state index contributed by atoms with van der Waals surface area (Å²) in [5, 5.41) is 31.6. The lowest BCUT2D eigenvalue weighted by Gasteiger charge is -2.01. The predicted octanol–water partition coefficient (Wildman–Crippen LogP) is 4.66. The van der Waals surface area contributed by atoms with Gasteiger partial charge in [0.25, 0.3) is 5.69 Å². The topological polar surface area (TPSA) is 121 Å². The molecule has 0 saturated heterocycles. The highest BCUT2D eigenvalue weighted by molar-refractivity contribution is 7.17. The summed E-state index contributed by atoms with van der Waals surface area (Å²) in [6.07, 6.45) is 0. The van der Waals surface area contributed by atoms with Gasteiger partial charge in [-0.15, -0.1) is 11.3 Å². The zero-order valence-corrected chi connectivity index (χ0v) is 16.6. The Balaban J connectivity index is 1.76. The minimum Gasteiger partial charge on any atom is -0.293 e. The number of carbonyl (C=O) groups is 1. The number of thiazole rings is 1. The number of hydrogen-bond acceptors (Lipinski definition) is 7. The van der Waals surface area contributed by atoms with Crippen LogP contribution in [0, 0.1) is 51.0 Å². The van der Waals surface area contributed by atoms with Crippen LogP contribution in [-0.4, -0.2) is 15.7 Å². The average Bonchev–Trinajstić information content (AvgIpc) is 3.30. The summed E-state index contributed by atoms with van der Waals surface area (Å²) >= 11 is 1.21. The highest BCUT2D eigenvalue weighted by Gasteiger charge is 2.72. The van der Waals surface area contributed by atoms with E-state index in [1.54, 1.807) is 13.0 Å². The molecule has 0 N–H and O–H groups in total. The molecule has 2 unspecified atom stereocenters. The summed E-state index contributed by atoms with van der Waals surface area (Å²) in [4.78, 5) is 29.1. The first-order chi connectivity index (χ1) is 14.4. The van der Waals surface area contributed by atoms with Crippen LogP contribution in [0.5, 0.6) is 0 Å². The van der Waals surface area contributed by atoms with Crippen LogP contribution < -0.4 is 0 Å². The van der Waals surface area contributed by atoms with Gasteiger partial charge in [0.1, 0.15) is 5.01 Å². The fourth-order valence-electron chi connectivity index (χ4n) is 3.86. The molecule has 2 atom stereocenters. The average molecular weight is 414 g/mol. The molecule has 4 rings (SSSR count). The van der Waals surface area contributed by atoms with Crippen LogP contribution in [0.1, 0.15) is 26.8 Å². The van der Waals surface area contributed by atoms with E-state index in [1.807, 2.05) is 42.5 Å². The molecule has 1 aliphatic rings. The summed E-state index contributed by atoms with van der Waals surface area (Å²) in [6.45, 7) is 1.71.